The second-order valence-electron chi connectivity index (χ2n) is 5.16. The largest absolute Gasteiger partial charge is 0.497 e. The van der Waals surface area contributed by atoms with Gasteiger partial charge in [-0.05, 0) is 29.5 Å². The Balaban J connectivity index is 2.11. The van der Waals surface area contributed by atoms with E-state index in [1.807, 2.05) is 31.2 Å². The van der Waals surface area contributed by atoms with Gasteiger partial charge in [-0.15, -0.1) is 0 Å². The van der Waals surface area contributed by atoms with Gasteiger partial charge in [0.2, 0.25) is 11.8 Å². The van der Waals surface area contributed by atoms with Gasteiger partial charge in [0, 0.05) is 12.8 Å². The van der Waals surface area contributed by atoms with Gasteiger partial charge >= 0.3 is 0 Å². The fourth-order valence-corrected chi connectivity index (χ4v) is 2.44. The SMILES string of the molecule is COc1ccc(CC2(C)CC(=O)NC(=O)C2)cc1. The van der Waals surface area contributed by atoms with E-state index in [4.69, 9.17) is 4.74 Å². The average molecular weight is 247 g/mol. The quantitative estimate of drug-likeness (QED) is 0.827. The first-order chi connectivity index (χ1) is 8.50. The molecule has 1 aliphatic heterocycles. The van der Waals surface area contributed by atoms with E-state index in [2.05, 4.69) is 5.32 Å². The maximum Gasteiger partial charge on any atom is 0.227 e. The number of nitrogens with one attached hydrogen (secondary N) is 1. The van der Waals surface area contributed by atoms with E-state index in [9.17, 15) is 9.59 Å². The zero-order chi connectivity index (χ0) is 13.2. The molecule has 4 nitrogen and oxygen atoms in total. The van der Waals surface area contributed by atoms with Crippen molar-refractivity contribution in [2.45, 2.75) is 26.2 Å². The Kier molecular flexibility index (Phi) is 3.36. The summed E-state index contributed by atoms with van der Waals surface area (Å²) in [5.41, 5.74) is 0.828. The Morgan fingerprint density at radius 1 is 1.17 bits per heavy atom. The topological polar surface area (TPSA) is 55.4 Å². The lowest BCUT2D eigenvalue weighted by Crippen LogP contribution is -2.44. The van der Waals surface area contributed by atoms with Gasteiger partial charge in [-0.1, -0.05) is 19.1 Å². The molecule has 0 aromatic heterocycles. The molecule has 1 fully saturated rings. The summed E-state index contributed by atoms with van der Waals surface area (Å²) < 4.78 is 5.10. The predicted octanol–water partition coefficient (Wildman–Crippen LogP) is 1.68. The first-order valence-corrected chi connectivity index (χ1v) is 5.96. The molecule has 1 aromatic rings. The molecular formula is C14H17NO3. The Morgan fingerprint density at radius 2 is 1.72 bits per heavy atom. The van der Waals surface area contributed by atoms with E-state index in [0.29, 0.717) is 12.8 Å². The van der Waals surface area contributed by atoms with Crippen molar-refractivity contribution < 1.29 is 14.3 Å². The molecule has 0 saturated carbocycles. The van der Waals surface area contributed by atoms with Gasteiger partial charge in [-0.3, -0.25) is 14.9 Å². The predicted molar refractivity (Wildman–Crippen MR) is 67.2 cm³/mol. The summed E-state index contributed by atoms with van der Waals surface area (Å²) >= 11 is 0. The van der Waals surface area contributed by atoms with Crippen molar-refractivity contribution >= 4 is 11.8 Å². The Hall–Kier alpha value is -1.84. The minimum Gasteiger partial charge on any atom is -0.497 e. The highest BCUT2D eigenvalue weighted by Gasteiger charge is 2.35. The van der Waals surface area contributed by atoms with Gasteiger partial charge in [0.05, 0.1) is 7.11 Å². The zero-order valence-corrected chi connectivity index (χ0v) is 10.7. The zero-order valence-electron chi connectivity index (χ0n) is 10.7. The van der Waals surface area contributed by atoms with Crippen LogP contribution in [-0.4, -0.2) is 18.9 Å². The van der Waals surface area contributed by atoms with E-state index in [-0.39, 0.29) is 17.2 Å². The number of benzene rings is 1. The third kappa shape index (κ3) is 2.88. The van der Waals surface area contributed by atoms with Crippen molar-refractivity contribution in [2.24, 2.45) is 5.41 Å². The van der Waals surface area contributed by atoms with Gasteiger partial charge in [0.15, 0.2) is 0 Å². The van der Waals surface area contributed by atoms with Crippen LogP contribution < -0.4 is 10.1 Å². The fraction of sp³-hybridized carbons (Fsp3) is 0.429. The van der Waals surface area contributed by atoms with Crippen LogP contribution in [0.5, 0.6) is 5.75 Å². The lowest BCUT2D eigenvalue weighted by Gasteiger charge is -2.32. The smallest absolute Gasteiger partial charge is 0.227 e. The molecule has 96 valence electrons. The number of methoxy groups -OCH3 is 1. The molecule has 1 aliphatic rings. The summed E-state index contributed by atoms with van der Waals surface area (Å²) in [4.78, 5) is 22.9. The molecule has 4 heteroatoms. The highest BCUT2D eigenvalue weighted by Crippen LogP contribution is 2.33. The number of carbonyl (C=O) groups excluding carboxylic acids is 2. The number of rotatable bonds is 3. The lowest BCUT2D eigenvalue weighted by atomic mass is 9.75. The van der Waals surface area contributed by atoms with Crippen LogP contribution in [0.2, 0.25) is 0 Å². The number of hydrogen-bond donors (Lipinski definition) is 1. The third-order valence-corrected chi connectivity index (χ3v) is 3.24. The van der Waals surface area contributed by atoms with Crippen LogP contribution in [0.3, 0.4) is 0 Å². The second-order valence-corrected chi connectivity index (χ2v) is 5.16. The monoisotopic (exact) mass is 247 g/mol. The number of amides is 2. The molecule has 0 unspecified atom stereocenters. The Labute approximate surface area is 106 Å². The summed E-state index contributed by atoms with van der Waals surface area (Å²) in [7, 11) is 1.63. The van der Waals surface area contributed by atoms with Crippen molar-refractivity contribution in [2.75, 3.05) is 7.11 Å². The lowest BCUT2D eigenvalue weighted by molar-refractivity contribution is -0.137. The van der Waals surface area contributed by atoms with Gasteiger partial charge < -0.3 is 4.74 Å². The second kappa shape index (κ2) is 4.80. The minimum atomic E-state index is -0.284. The van der Waals surface area contributed by atoms with Crippen LogP contribution in [0.4, 0.5) is 0 Å². The van der Waals surface area contributed by atoms with E-state index in [1.54, 1.807) is 7.11 Å². The average Bonchev–Trinajstić information content (AvgIpc) is 2.27. The number of ether oxygens (including phenoxy) is 1. The minimum absolute atomic E-state index is 0.178. The molecule has 18 heavy (non-hydrogen) atoms. The van der Waals surface area contributed by atoms with Crippen molar-refractivity contribution in [1.82, 2.24) is 5.32 Å². The van der Waals surface area contributed by atoms with Gasteiger partial charge in [0.1, 0.15) is 5.75 Å². The standard InChI is InChI=1S/C14H17NO3/c1-14(8-12(16)15-13(17)9-14)7-10-3-5-11(18-2)6-4-10/h3-6H,7-9H2,1-2H3,(H,15,16,17). The van der Waals surface area contributed by atoms with Crippen LogP contribution in [0.1, 0.15) is 25.3 Å². The normalized spacial score (nSPS) is 18.3. The summed E-state index contributed by atoms with van der Waals surface area (Å²) in [6, 6.07) is 7.73. The Bertz CT molecular complexity index is 448. The first-order valence-electron chi connectivity index (χ1n) is 5.96. The molecule has 1 saturated heterocycles. The van der Waals surface area contributed by atoms with Crippen LogP contribution in [-0.2, 0) is 16.0 Å². The van der Waals surface area contributed by atoms with E-state index < -0.39 is 0 Å². The van der Waals surface area contributed by atoms with Gasteiger partial charge in [-0.2, -0.15) is 0 Å². The maximum absolute atomic E-state index is 11.4. The highest BCUT2D eigenvalue weighted by molar-refractivity contribution is 5.98. The van der Waals surface area contributed by atoms with Crippen LogP contribution >= 0.6 is 0 Å². The molecule has 1 heterocycles. The van der Waals surface area contributed by atoms with Crippen molar-refractivity contribution in [3.8, 4) is 5.75 Å². The maximum atomic E-state index is 11.4. The summed E-state index contributed by atoms with van der Waals surface area (Å²) in [6.45, 7) is 1.98. The number of carbonyl (C=O) groups is 2. The van der Waals surface area contributed by atoms with Crippen LogP contribution in [0.25, 0.3) is 0 Å². The molecule has 0 bridgehead atoms. The van der Waals surface area contributed by atoms with Crippen molar-refractivity contribution in [1.29, 1.82) is 0 Å². The molecule has 1 N–H and O–H groups in total. The summed E-state index contributed by atoms with van der Waals surface area (Å²) in [5.74, 6) is 0.450. The molecule has 2 rings (SSSR count). The first kappa shape index (κ1) is 12.6. The third-order valence-electron chi connectivity index (χ3n) is 3.24. The van der Waals surface area contributed by atoms with Crippen LogP contribution in [0, 0.1) is 5.41 Å². The van der Waals surface area contributed by atoms with Crippen molar-refractivity contribution in [3.63, 3.8) is 0 Å². The fourth-order valence-electron chi connectivity index (χ4n) is 2.44. The summed E-state index contributed by atoms with van der Waals surface area (Å²) in [6.07, 6.45) is 1.51. The van der Waals surface area contributed by atoms with E-state index in [0.717, 1.165) is 17.7 Å². The Morgan fingerprint density at radius 3 is 2.22 bits per heavy atom. The number of imide groups is 1. The van der Waals surface area contributed by atoms with E-state index in [1.165, 1.54) is 0 Å². The molecule has 2 amide bonds. The van der Waals surface area contributed by atoms with E-state index >= 15 is 0 Å². The summed E-state index contributed by atoms with van der Waals surface area (Å²) in [5, 5.41) is 2.34. The molecule has 1 aromatic carbocycles. The molecule has 0 aliphatic carbocycles. The van der Waals surface area contributed by atoms with Crippen LogP contribution in [0.15, 0.2) is 24.3 Å². The van der Waals surface area contributed by atoms with Gasteiger partial charge in [-0.25, -0.2) is 0 Å². The van der Waals surface area contributed by atoms with Gasteiger partial charge in [0.25, 0.3) is 0 Å². The number of hydrogen-bond acceptors (Lipinski definition) is 3. The molecule has 0 spiro atoms. The molecule has 0 radical (unpaired) electrons. The highest BCUT2D eigenvalue weighted by atomic mass is 16.5. The molecular weight excluding hydrogens is 230 g/mol. The number of piperidine rings is 1. The van der Waals surface area contributed by atoms with Crippen molar-refractivity contribution in [3.05, 3.63) is 29.8 Å². The molecule has 0 atom stereocenters.